The quantitative estimate of drug-likeness (QED) is 0.784. The zero-order chi connectivity index (χ0) is 12.3. The van der Waals surface area contributed by atoms with Crippen LogP contribution in [0.5, 0.6) is 0 Å². The van der Waals surface area contributed by atoms with Gasteiger partial charge in [0.2, 0.25) is 5.91 Å². The molecule has 0 aromatic rings. The molecule has 2 heterocycles. The summed E-state index contributed by atoms with van der Waals surface area (Å²) in [5, 5.41) is 3.13. The fourth-order valence-electron chi connectivity index (χ4n) is 3.16. The van der Waals surface area contributed by atoms with Gasteiger partial charge in [0.15, 0.2) is 0 Å². The lowest BCUT2D eigenvalue weighted by Crippen LogP contribution is -2.53. The second-order valence-electron chi connectivity index (χ2n) is 5.19. The van der Waals surface area contributed by atoms with Gasteiger partial charge in [0, 0.05) is 19.1 Å². The van der Waals surface area contributed by atoms with E-state index in [9.17, 15) is 4.79 Å². The summed E-state index contributed by atoms with van der Waals surface area (Å²) in [6.07, 6.45) is 4.67. The highest BCUT2D eigenvalue weighted by Crippen LogP contribution is 2.20. The molecule has 2 unspecified atom stereocenters. The summed E-state index contributed by atoms with van der Waals surface area (Å²) in [5.74, 6) is 0.307. The van der Waals surface area contributed by atoms with E-state index < -0.39 is 0 Å². The van der Waals surface area contributed by atoms with Gasteiger partial charge in [-0.2, -0.15) is 0 Å². The van der Waals surface area contributed by atoms with E-state index >= 15 is 0 Å². The van der Waals surface area contributed by atoms with Crippen LogP contribution in [0.3, 0.4) is 0 Å². The summed E-state index contributed by atoms with van der Waals surface area (Å²) in [4.78, 5) is 16.8. The van der Waals surface area contributed by atoms with Crippen LogP contribution in [-0.4, -0.2) is 61.0 Å². The summed E-state index contributed by atoms with van der Waals surface area (Å²) in [6, 6.07) is 0.653. The molecular formula is C13H25N3O. The molecule has 98 valence electrons. The molecule has 1 N–H and O–H groups in total. The topological polar surface area (TPSA) is 35.6 Å². The standard InChI is InChI=1S/C13H25N3O/c1-3-15-8-4-6-11(15)10-16-9-5-7-12(14-2)13(16)17/h11-12,14H,3-10H2,1-2H3. The molecule has 0 spiro atoms. The van der Waals surface area contributed by atoms with Crippen LogP contribution >= 0.6 is 0 Å². The SMILES string of the molecule is CCN1CCCC1CN1CCCC(NC)C1=O. The molecule has 0 bridgehead atoms. The van der Waals surface area contributed by atoms with Crippen LogP contribution in [0.25, 0.3) is 0 Å². The molecule has 17 heavy (non-hydrogen) atoms. The molecule has 2 saturated heterocycles. The molecule has 0 saturated carbocycles. The Labute approximate surface area is 104 Å². The van der Waals surface area contributed by atoms with Gasteiger partial charge in [-0.1, -0.05) is 6.92 Å². The van der Waals surface area contributed by atoms with E-state index in [1.54, 1.807) is 0 Å². The molecular weight excluding hydrogens is 214 g/mol. The van der Waals surface area contributed by atoms with Crippen LogP contribution in [0, 0.1) is 0 Å². The van der Waals surface area contributed by atoms with E-state index in [0.29, 0.717) is 11.9 Å². The van der Waals surface area contributed by atoms with E-state index in [0.717, 1.165) is 32.5 Å². The first-order valence-electron chi connectivity index (χ1n) is 6.96. The first-order chi connectivity index (χ1) is 8.26. The Morgan fingerprint density at radius 2 is 2.06 bits per heavy atom. The van der Waals surface area contributed by atoms with E-state index in [1.807, 2.05) is 7.05 Å². The Kier molecular flexibility index (Phi) is 4.40. The highest BCUT2D eigenvalue weighted by molar-refractivity contribution is 5.82. The fraction of sp³-hybridized carbons (Fsp3) is 0.923. The van der Waals surface area contributed by atoms with Crippen LogP contribution < -0.4 is 5.32 Å². The maximum atomic E-state index is 12.2. The van der Waals surface area contributed by atoms with Crippen molar-refractivity contribution in [1.82, 2.24) is 15.1 Å². The summed E-state index contributed by atoms with van der Waals surface area (Å²) in [6.45, 7) is 6.42. The monoisotopic (exact) mass is 239 g/mol. The third kappa shape index (κ3) is 2.80. The number of carbonyl (C=O) groups excluding carboxylic acids is 1. The summed E-state index contributed by atoms with van der Waals surface area (Å²) in [5.41, 5.74) is 0. The predicted molar refractivity (Wildman–Crippen MR) is 68.9 cm³/mol. The number of nitrogens with one attached hydrogen (secondary N) is 1. The largest absolute Gasteiger partial charge is 0.340 e. The third-order valence-electron chi connectivity index (χ3n) is 4.22. The second kappa shape index (κ2) is 5.83. The molecule has 4 heteroatoms. The van der Waals surface area contributed by atoms with Crippen LogP contribution in [-0.2, 0) is 4.79 Å². The summed E-state index contributed by atoms with van der Waals surface area (Å²) < 4.78 is 0. The number of hydrogen-bond donors (Lipinski definition) is 1. The van der Waals surface area contributed by atoms with Gasteiger partial charge in [-0.3, -0.25) is 9.69 Å². The number of likely N-dealkylation sites (tertiary alicyclic amines) is 2. The van der Waals surface area contributed by atoms with Gasteiger partial charge in [0.05, 0.1) is 6.04 Å². The molecule has 2 atom stereocenters. The number of likely N-dealkylation sites (N-methyl/N-ethyl adjacent to an activating group) is 2. The Balaban J connectivity index is 1.91. The zero-order valence-corrected chi connectivity index (χ0v) is 11.1. The van der Waals surface area contributed by atoms with Crippen molar-refractivity contribution in [3.05, 3.63) is 0 Å². The van der Waals surface area contributed by atoms with E-state index in [2.05, 4.69) is 22.0 Å². The number of carbonyl (C=O) groups is 1. The van der Waals surface area contributed by atoms with Crippen molar-refractivity contribution in [2.24, 2.45) is 0 Å². The van der Waals surface area contributed by atoms with Gasteiger partial charge in [-0.05, 0) is 45.8 Å². The van der Waals surface area contributed by atoms with Crippen molar-refractivity contribution in [1.29, 1.82) is 0 Å². The Bertz CT molecular complexity index is 269. The molecule has 2 fully saturated rings. The Hall–Kier alpha value is -0.610. The predicted octanol–water partition coefficient (Wildman–Crippen LogP) is 0.681. The Morgan fingerprint density at radius 3 is 2.76 bits per heavy atom. The molecule has 2 rings (SSSR count). The van der Waals surface area contributed by atoms with Crippen LogP contribution in [0.2, 0.25) is 0 Å². The van der Waals surface area contributed by atoms with Crippen molar-refractivity contribution in [2.45, 2.75) is 44.7 Å². The van der Waals surface area contributed by atoms with E-state index in [-0.39, 0.29) is 6.04 Å². The van der Waals surface area contributed by atoms with Crippen molar-refractivity contribution < 1.29 is 4.79 Å². The number of piperidine rings is 1. The maximum absolute atomic E-state index is 12.2. The zero-order valence-electron chi connectivity index (χ0n) is 11.1. The number of amides is 1. The molecule has 0 aliphatic carbocycles. The lowest BCUT2D eigenvalue weighted by Gasteiger charge is -2.35. The number of hydrogen-bond acceptors (Lipinski definition) is 3. The molecule has 2 aliphatic rings. The number of rotatable bonds is 4. The highest BCUT2D eigenvalue weighted by Gasteiger charge is 2.31. The molecule has 0 aromatic heterocycles. The van der Waals surface area contributed by atoms with Crippen molar-refractivity contribution in [3.63, 3.8) is 0 Å². The molecule has 0 radical (unpaired) electrons. The van der Waals surface area contributed by atoms with Crippen LogP contribution in [0.15, 0.2) is 0 Å². The van der Waals surface area contributed by atoms with Crippen molar-refractivity contribution >= 4 is 5.91 Å². The molecule has 0 aromatic carbocycles. The van der Waals surface area contributed by atoms with Gasteiger partial charge in [-0.25, -0.2) is 0 Å². The highest BCUT2D eigenvalue weighted by atomic mass is 16.2. The summed E-state index contributed by atoms with van der Waals surface area (Å²) in [7, 11) is 1.89. The van der Waals surface area contributed by atoms with E-state index in [1.165, 1.54) is 19.4 Å². The van der Waals surface area contributed by atoms with Crippen molar-refractivity contribution in [3.8, 4) is 0 Å². The molecule has 2 aliphatic heterocycles. The maximum Gasteiger partial charge on any atom is 0.239 e. The van der Waals surface area contributed by atoms with Crippen molar-refractivity contribution in [2.75, 3.05) is 33.2 Å². The third-order valence-corrected chi connectivity index (χ3v) is 4.22. The average molecular weight is 239 g/mol. The lowest BCUT2D eigenvalue weighted by molar-refractivity contribution is -0.136. The minimum absolute atomic E-state index is 0.0558. The first-order valence-corrected chi connectivity index (χ1v) is 6.96. The molecule has 1 amide bonds. The van der Waals surface area contributed by atoms with Gasteiger partial charge in [0.25, 0.3) is 0 Å². The smallest absolute Gasteiger partial charge is 0.239 e. The minimum Gasteiger partial charge on any atom is -0.340 e. The van der Waals surface area contributed by atoms with Gasteiger partial charge < -0.3 is 10.2 Å². The Morgan fingerprint density at radius 1 is 1.29 bits per heavy atom. The first kappa shape index (κ1) is 12.8. The summed E-state index contributed by atoms with van der Waals surface area (Å²) >= 11 is 0. The van der Waals surface area contributed by atoms with Crippen LogP contribution in [0.4, 0.5) is 0 Å². The average Bonchev–Trinajstić information content (AvgIpc) is 2.79. The van der Waals surface area contributed by atoms with Gasteiger partial charge in [-0.15, -0.1) is 0 Å². The second-order valence-corrected chi connectivity index (χ2v) is 5.19. The molecule has 4 nitrogen and oxygen atoms in total. The fourth-order valence-corrected chi connectivity index (χ4v) is 3.16. The van der Waals surface area contributed by atoms with Gasteiger partial charge >= 0.3 is 0 Å². The van der Waals surface area contributed by atoms with Gasteiger partial charge in [0.1, 0.15) is 0 Å². The minimum atomic E-state index is 0.0558. The van der Waals surface area contributed by atoms with E-state index in [4.69, 9.17) is 0 Å². The van der Waals surface area contributed by atoms with Crippen LogP contribution in [0.1, 0.15) is 32.6 Å². The lowest BCUT2D eigenvalue weighted by atomic mass is 10.0. The normalized spacial score (nSPS) is 31.2. The number of nitrogens with zero attached hydrogens (tertiary/aromatic N) is 2.